The summed E-state index contributed by atoms with van der Waals surface area (Å²) in [6, 6.07) is 0. The molecule has 1 nitrogen and oxygen atoms in total. The number of rotatable bonds is 5. The van der Waals surface area contributed by atoms with Crippen LogP contribution < -0.4 is 0 Å². The lowest BCUT2D eigenvalue weighted by molar-refractivity contribution is -0.117. The van der Waals surface area contributed by atoms with Crippen LogP contribution in [0.5, 0.6) is 0 Å². The van der Waals surface area contributed by atoms with Crippen molar-refractivity contribution in [2.24, 2.45) is 5.92 Å². The van der Waals surface area contributed by atoms with Gasteiger partial charge >= 0.3 is 0 Å². The van der Waals surface area contributed by atoms with E-state index in [1.54, 1.807) is 6.92 Å². The van der Waals surface area contributed by atoms with E-state index < -0.39 is 0 Å². The lowest BCUT2D eigenvalue weighted by Crippen LogP contribution is -2.07. The second kappa shape index (κ2) is 7.61. The minimum Gasteiger partial charge on any atom is -0.285 e. The minimum atomic E-state index is 0.0624. The lowest BCUT2D eigenvalue weighted by Gasteiger charge is -2.02. The van der Waals surface area contributed by atoms with Crippen molar-refractivity contribution in [2.45, 2.75) is 40.0 Å². The molecular formula is C12H18O. The number of hydrogen-bond acceptors (Lipinski definition) is 1. The van der Waals surface area contributed by atoms with E-state index >= 15 is 0 Å². The molecule has 0 fully saturated rings. The van der Waals surface area contributed by atoms with Crippen LogP contribution in [0.4, 0.5) is 0 Å². The van der Waals surface area contributed by atoms with Crippen LogP contribution in [0.15, 0.2) is 12.2 Å². The first-order valence-corrected chi connectivity index (χ1v) is 4.84. The van der Waals surface area contributed by atoms with Gasteiger partial charge in [0.15, 0.2) is 0 Å². The molecule has 0 aromatic heterocycles. The summed E-state index contributed by atoms with van der Waals surface area (Å²) in [5, 5.41) is 0. The van der Waals surface area contributed by atoms with E-state index in [4.69, 9.17) is 0 Å². The van der Waals surface area contributed by atoms with Crippen LogP contribution in [-0.2, 0) is 4.79 Å². The number of hydrogen-bond donors (Lipinski definition) is 0. The van der Waals surface area contributed by atoms with E-state index in [2.05, 4.69) is 30.9 Å². The smallest absolute Gasteiger partial charge is 0.208 e. The standard InChI is InChI=1S/C12H18O/c1-4-6-7-8-10-11(3)12(13)9-5-2/h6-7,11H,4,8,10H2,1-3H3. The topological polar surface area (TPSA) is 17.1 Å². The zero-order valence-electron chi connectivity index (χ0n) is 8.76. The average Bonchev–Trinajstić information content (AvgIpc) is 2.12. The van der Waals surface area contributed by atoms with Gasteiger partial charge in [-0.1, -0.05) is 31.9 Å². The van der Waals surface area contributed by atoms with Gasteiger partial charge < -0.3 is 0 Å². The van der Waals surface area contributed by atoms with Gasteiger partial charge in [-0.15, -0.1) is 0 Å². The molecule has 72 valence electrons. The highest BCUT2D eigenvalue weighted by Gasteiger charge is 2.07. The zero-order valence-corrected chi connectivity index (χ0v) is 8.76. The number of carbonyl (C=O) groups excluding carboxylic acids is 1. The molecule has 0 amide bonds. The van der Waals surface area contributed by atoms with Gasteiger partial charge in [0, 0.05) is 5.92 Å². The fourth-order valence-corrected chi connectivity index (χ4v) is 1.01. The highest BCUT2D eigenvalue weighted by atomic mass is 16.1. The third-order valence-electron chi connectivity index (χ3n) is 1.86. The number of carbonyl (C=O) groups is 1. The molecule has 0 bridgehead atoms. The van der Waals surface area contributed by atoms with Gasteiger partial charge in [0.2, 0.25) is 5.78 Å². The van der Waals surface area contributed by atoms with Gasteiger partial charge in [0.05, 0.1) is 0 Å². The molecule has 0 aliphatic carbocycles. The highest BCUT2D eigenvalue weighted by molar-refractivity contribution is 5.96. The minimum absolute atomic E-state index is 0.0624. The predicted molar refractivity (Wildman–Crippen MR) is 56.3 cm³/mol. The van der Waals surface area contributed by atoms with Gasteiger partial charge in [0.25, 0.3) is 0 Å². The number of Topliss-reactive ketones (excluding diaryl/α,β-unsaturated/α-hetero) is 1. The molecule has 0 aromatic carbocycles. The van der Waals surface area contributed by atoms with Crippen molar-refractivity contribution in [3.8, 4) is 11.8 Å². The second-order valence-electron chi connectivity index (χ2n) is 3.10. The third-order valence-corrected chi connectivity index (χ3v) is 1.86. The maximum absolute atomic E-state index is 11.2. The van der Waals surface area contributed by atoms with Gasteiger partial charge in [-0.2, -0.15) is 0 Å². The van der Waals surface area contributed by atoms with Crippen molar-refractivity contribution in [2.75, 3.05) is 0 Å². The first kappa shape index (κ1) is 12.0. The molecule has 0 radical (unpaired) electrons. The summed E-state index contributed by atoms with van der Waals surface area (Å²) in [6.07, 6.45) is 7.21. The Morgan fingerprint density at radius 3 is 2.69 bits per heavy atom. The van der Waals surface area contributed by atoms with E-state index in [1.165, 1.54) is 0 Å². The van der Waals surface area contributed by atoms with Crippen molar-refractivity contribution in [3.05, 3.63) is 12.2 Å². The van der Waals surface area contributed by atoms with Gasteiger partial charge in [-0.3, -0.25) is 4.79 Å². The Morgan fingerprint density at radius 1 is 1.46 bits per heavy atom. The fourth-order valence-electron chi connectivity index (χ4n) is 1.01. The van der Waals surface area contributed by atoms with Crippen LogP contribution in [0.1, 0.15) is 40.0 Å². The fraction of sp³-hybridized carbons (Fsp3) is 0.583. The monoisotopic (exact) mass is 178 g/mol. The van der Waals surface area contributed by atoms with Crippen molar-refractivity contribution in [3.63, 3.8) is 0 Å². The summed E-state index contributed by atoms with van der Waals surface area (Å²) >= 11 is 0. The van der Waals surface area contributed by atoms with Crippen molar-refractivity contribution in [1.82, 2.24) is 0 Å². The Hall–Kier alpha value is -1.03. The Bertz CT molecular complexity index is 227. The zero-order chi connectivity index (χ0) is 10.1. The molecule has 13 heavy (non-hydrogen) atoms. The van der Waals surface area contributed by atoms with Gasteiger partial charge in [-0.25, -0.2) is 0 Å². The van der Waals surface area contributed by atoms with Crippen molar-refractivity contribution >= 4 is 5.78 Å². The Labute approximate surface area is 81.2 Å². The van der Waals surface area contributed by atoms with Gasteiger partial charge in [-0.05, 0) is 32.1 Å². The molecule has 1 unspecified atom stereocenters. The average molecular weight is 178 g/mol. The molecule has 0 aliphatic heterocycles. The molecule has 0 N–H and O–H groups in total. The summed E-state index contributed by atoms with van der Waals surface area (Å²) in [5.74, 6) is 5.35. The van der Waals surface area contributed by atoms with Crippen LogP contribution in [-0.4, -0.2) is 5.78 Å². The molecule has 0 saturated carbocycles. The summed E-state index contributed by atoms with van der Waals surface area (Å²) in [5.41, 5.74) is 0. The third kappa shape index (κ3) is 6.16. The molecule has 0 spiro atoms. The SMILES string of the molecule is CC#CC(=O)C(C)CCC=CCC. The first-order chi connectivity index (χ1) is 6.22. The van der Waals surface area contributed by atoms with Gasteiger partial charge in [0.1, 0.15) is 0 Å². The molecular weight excluding hydrogens is 160 g/mol. The molecule has 0 aliphatic rings. The first-order valence-electron chi connectivity index (χ1n) is 4.84. The molecule has 0 aromatic rings. The Balaban J connectivity index is 3.72. The van der Waals surface area contributed by atoms with E-state index in [9.17, 15) is 4.79 Å². The maximum atomic E-state index is 11.2. The number of ketones is 1. The maximum Gasteiger partial charge on any atom is 0.208 e. The van der Waals surface area contributed by atoms with Crippen LogP contribution in [0.2, 0.25) is 0 Å². The normalized spacial score (nSPS) is 12.2. The van der Waals surface area contributed by atoms with E-state index in [1.807, 2.05) is 6.92 Å². The van der Waals surface area contributed by atoms with Crippen LogP contribution >= 0.6 is 0 Å². The van der Waals surface area contributed by atoms with Crippen LogP contribution in [0.25, 0.3) is 0 Å². The van der Waals surface area contributed by atoms with E-state index in [0.717, 1.165) is 19.3 Å². The molecule has 0 heterocycles. The second-order valence-corrected chi connectivity index (χ2v) is 3.10. The molecule has 1 heteroatoms. The Morgan fingerprint density at radius 2 is 2.15 bits per heavy atom. The summed E-state index contributed by atoms with van der Waals surface area (Å²) < 4.78 is 0. The van der Waals surface area contributed by atoms with E-state index in [-0.39, 0.29) is 11.7 Å². The summed E-state index contributed by atoms with van der Waals surface area (Å²) in [7, 11) is 0. The predicted octanol–water partition coefficient (Wildman–Crippen LogP) is 2.96. The largest absolute Gasteiger partial charge is 0.285 e. The van der Waals surface area contributed by atoms with Crippen molar-refractivity contribution in [1.29, 1.82) is 0 Å². The molecule has 0 rings (SSSR count). The summed E-state index contributed by atoms with van der Waals surface area (Å²) in [6.45, 7) is 5.74. The lowest BCUT2D eigenvalue weighted by atomic mass is 10.0. The van der Waals surface area contributed by atoms with E-state index in [0.29, 0.717) is 0 Å². The highest BCUT2D eigenvalue weighted by Crippen LogP contribution is 2.07. The molecule has 1 atom stereocenters. The van der Waals surface area contributed by atoms with Crippen LogP contribution in [0.3, 0.4) is 0 Å². The number of allylic oxidation sites excluding steroid dienone is 2. The van der Waals surface area contributed by atoms with Crippen molar-refractivity contribution < 1.29 is 4.79 Å². The quantitative estimate of drug-likeness (QED) is 0.359. The Kier molecular flexibility index (Phi) is 7.01. The molecule has 0 saturated heterocycles. The summed E-state index contributed by atoms with van der Waals surface area (Å²) in [4.78, 5) is 11.2. The van der Waals surface area contributed by atoms with Crippen LogP contribution in [0, 0.1) is 17.8 Å².